The molecule has 0 spiro atoms. The Hall–Kier alpha value is -1.32. The lowest BCUT2D eigenvalue weighted by Gasteiger charge is -2.24. The highest BCUT2D eigenvalue weighted by atomic mass is 35.5. The zero-order valence-corrected chi connectivity index (χ0v) is 12.8. The third-order valence-electron chi connectivity index (χ3n) is 3.89. The van der Waals surface area contributed by atoms with Crippen molar-refractivity contribution in [3.05, 3.63) is 17.8 Å². The fraction of sp³-hybridized carbons (Fsp3) is 0.615. The maximum Gasteiger partial charge on any atom is 0.167 e. The van der Waals surface area contributed by atoms with Crippen molar-refractivity contribution in [2.75, 3.05) is 6.61 Å². The first-order chi connectivity index (χ1) is 10.5. The van der Waals surface area contributed by atoms with E-state index >= 15 is 0 Å². The Morgan fingerprint density at radius 2 is 2.05 bits per heavy atom. The second kappa shape index (κ2) is 4.84. The first-order valence-corrected chi connectivity index (χ1v) is 7.33. The molecule has 1 unspecified atom stereocenters. The topological polar surface area (TPSA) is 91.5 Å². The Morgan fingerprint density at radius 3 is 2.82 bits per heavy atom. The van der Waals surface area contributed by atoms with Crippen LogP contribution in [0.2, 0.25) is 5.15 Å². The summed E-state index contributed by atoms with van der Waals surface area (Å²) in [6, 6.07) is 0. The molecule has 2 saturated heterocycles. The Bertz CT molecular complexity index is 721. The Balaban J connectivity index is 1.77. The summed E-state index contributed by atoms with van der Waals surface area (Å²) in [4.78, 5) is 12.4. The molecule has 0 saturated carbocycles. The van der Waals surface area contributed by atoms with Crippen LogP contribution in [0.15, 0.2) is 12.7 Å². The molecule has 0 aromatic carbocycles. The van der Waals surface area contributed by atoms with Gasteiger partial charge in [0.15, 0.2) is 22.8 Å². The van der Waals surface area contributed by atoms with Gasteiger partial charge in [0.2, 0.25) is 0 Å². The molecule has 2 aromatic heterocycles. The number of hydrogen-bond donors (Lipinski definition) is 1. The number of aromatic nitrogens is 4. The molecule has 2 aliphatic heterocycles. The number of nitrogens with zero attached hydrogens (tertiary/aromatic N) is 4. The molecule has 0 radical (unpaired) electrons. The van der Waals surface area contributed by atoms with Crippen molar-refractivity contribution in [3.63, 3.8) is 0 Å². The smallest absolute Gasteiger partial charge is 0.167 e. The van der Waals surface area contributed by atoms with E-state index in [-0.39, 0.29) is 24.0 Å². The lowest BCUT2D eigenvalue weighted by atomic mass is 10.1. The summed E-state index contributed by atoms with van der Waals surface area (Å²) in [5.41, 5.74) is 1.05. The van der Waals surface area contributed by atoms with Crippen molar-refractivity contribution < 1.29 is 19.3 Å². The van der Waals surface area contributed by atoms with Gasteiger partial charge in [-0.1, -0.05) is 11.6 Å². The highest BCUT2D eigenvalue weighted by Crippen LogP contribution is 2.43. The van der Waals surface area contributed by atoms with Gasteiger partial charge in [-0.15, -0.1) is 0 Å². The minimum atomic E-state index is -0.728. The maximum atomic E-state index is 9.52. The van der Waals surface area contributed by atoms with Gasteiger partial charge >= 0.3 is 0 Å². The van der Waals surface area contributed by atoms with Gasteiger partial charge in [-0.2, -0.15) is 0 Å². The summed E-state index contributed by atoms with van der Waals surface area (Å²) in [5, 5.41) is 9.80. The SMILES string of the molecule is CC1(C)OC2[C@H](n3cnc4c(Cl)ncnc43)O[C@H](CO)[C@H]2O1. The molecule has 4 rings (SSSR count). The van der Waals surface area contributed by atoms with Crippen LogP contribution in [0.25, 0.3) is 11.2 Å². The molecular weight excluding hydrogens is 312 g/mol. The van der Waals surface area contributed by atoms with Gasteiger partial charge in [0.05, 0.1) is 12.9 Å². The lowest BCUT2D eigenvalue weighted by molar-refractivity contribution is -0.199. The van der Waals surface area contributed by atoms with E-state index in [2.05, 4.69) is 15.0 Å². The number of imidazole rings is 1. The molecule has 118 valence electrons. The third kappa shape index (κ3) is 2.03. The highest BCUT2D eigenvalue weighted by molar-refractivity contribution is 6.33. The number of aliphatic hydroxyl groups excluding tert-OH is 1. The molecule has 8 nitrogen and oxygen atoms in total. The zero-order valence-electron chi connectivity index (χ0n) is 12.0. The molecule has 22 heavy (non-hydrogen) atoms. The predicted octanol–water partition coefficient (Wildman–Crippen LogP) is 0.889. The molecule has 2 aliphatic rings. The number of hydrogen-bond acceptors (Lipinski definition) is 7. The molecule has 4 heterocycles. The number of fused-ring (bicyclic) bond motifs is 2. The molecule has 2 aromatic rings. The van der Waals surface area contributed by atoms with Crippen LogP contribution in [0, 0.1) is 0 Å². The van der Waals surface area contributed by atoms with Crippen molar-refractivity contribution in [1.29, 1.82) is 0 Å². The van der Waals surface area contributed by atoms with Crippen LogP contribution < -0.4 is 0 Å². The zero-order chi connectivity index (χ0) is 15.5. The van der Waals surface area contributed by atoms with E-state index in [0.717, 1.165) is 0 Å². The van der Waals surface area contributed by atoms with Crippen molar-refractivity contribution in [1.82, 2.24) is 19.5 Å². The van der Waals surface area contributed by atoms with Crippen LogP contribution >= 0.6 is 11.6 Å². The summed E-state index contributed by atoms with van der Waals surface area (Å²) >= 11 is 6.03. The molecule has 0 aliphatic carbocycles. The number of rotatable bonds is 2. The van der Waals surface area contributed by atoms with Gasteiger partial charge in [-0.05, 0) is 13.8 Å². The monoisotopic (exact) mass is 326 g/mol. The number of halogens is 1. The van der Waals surface area contributed by atoms with Crippen LogP contribution in [-0.4, -0.2) is 55.3 Å². The van der Waals surface area contributed by atoms with Crippen LogP contribution in [0.3, 0.4) is 0 Å². The van der Waals surface area contributed by atoms with Crippen molar-refractivity contribution in [3.8, 4) is 0 Å². The standard InChI is InChI=1S/C13H15ClN4O4/c1-13(2)21-8-6(3-19)20-12(9(8)22-13)18-5-17-7-10(14)15-4-16-11(7)18/h4-6,8-9,12,19H,3H2,1-2H3/t6-,8-,9?,12-/m1/s1. The van der Waals surface area contributed by atoms with Crippen LogP contribution in [0.1, 0.15) is 20.1 Å². The second-order valence-corrected chi connectivity index (χ2v) is 6.16. The fourth-order valence-corrected chi connectivity index (χ4v) is 3.22. The van der Waals surface area contributed by atoms with Crippen molar-refractivity contribution in [2.45, 2.75) is 44.2 Å². The quantitative estimate of drug-likeness (QED) is 0.819. The van der Waals surface area contributed by atoms with E-state index in [1.54, 1.807) is 10.9 Å². The molecule has 2 fully saturated rings. The van der Waals surface area contributed by atoms with Gasteiger partial charge in [0.1, 0.15) is 30.2 Å². The van der Waals surface area contributed by atoms with Crippen molar-refractivity contribution >= 4 is 22.8 Å². The van der Waals surface area contributed by atoms with Crippen molar-refractivity contribution in [2.24, 2.45) is 0 Å². The van der Waals surface area contributed by atoms with E-state index in [9.17, 15) is 5.11 Å². The summed E-state index contributed by atoms with van der Waals surface area (Å²) < 4.78 is 19.4. The first kappa shape index (κ1) is 14.3. The van der Waals surface area contributed by atoms with Gasteiger partial charge in [0, 0.05) is 0 Å². The van der Waals surface area contributed by atoms with Crippen LogP contribution in [0.5, 0.6) is 0 Å². The molecule has 4 atom stereocenters. The molecule has 0 bridgehead atoms. The number of ether oxygens (including phenoxy) is 3. The summed E-state index contributed by atoms with van der Waals surface area (Å²) in [7, 11) is 0. The van der Waals surface area contributed by atoms with Gasteiger partial charge < -0.3 is 19.3 Å². The highest BCUT2D eigenvalue weighted by Gasteiger charge is 2.55. The summed E-state index contributed by atoms with van der Waals surface area (Å²) in [5.74, 6) is -0.728. The predicted molar refractivity (Wildman–Crippen MR) is 75.2 cm³/mol. The molecule has 0 amide bonds. The summed E-state index contributed by atoms with van der Waals surface area (Å²) in [6.07, 6.45) is 1.28. The Morgan fingerprint density at radius 1 is 1.27 bits per heavy atom. The van der Waals surface area contributed by atoms with Crippen LogP contribution in [-0.2, 0) is 14.2 Å². The molecular formula is C13H15ClN4O4. The Labute approximate surface area is 131 Å². The summed E-state index contributed by atoms with van der Waals surface area (Å²) in [6.45, 7) is 3.52. The second-order valence-electron chi connectivity index (χ2n) is 5.80. The van der Waals surface area contributed by atoms with Gasteiger partial charge in [-0.25, -0.2) is 15.0 Å². The van der Waals surface area contributed by atoms with E-state index in [0.29, 0.717) is 11.2 Å². The van der Waals surface area contributed by atoms with Crippen LogP contribution in [0.4, 0.5) is 0 Å². The average molecular weight is 327 g/mol. The van der Waals surface area contributed by atoms with E-state index < -0.39 is 18.1 Å². The largest absolute Gasteiger partial charge is 0.394 e. The molecule has 9 heteroatoms. The fourth-order valence-electron chi connectivity index (χ4n) is 3.04. The Kier molecular flexibility index (Phi) is 3.14. The van der Waals surface area contributed by atoms with E-state index in [1.807, 2.05) is 13.8 Å². The minimum Gasteiger partial charge on any atom is -0.394 e. The first-order valence-electron chi connectivity index (χ1n) is 6.95. The van der Waals surface area contributed by atoms with Gasteiger partial charge in [-0.3, -0.25) is 4.57 Å². The molecule has 1 N–H and O–H groups in total. The number of aliphatic hydroxyl groups is 1. The minimum absolute atomic E-state index is 0.153. The van der Waals surface area contributed by atoms with E-state index in [1.165, 1.54) is 6.33 Å². The third-order valence-corrected chi connectivity index (χ3v) is 4.17. The lowest BCUT2D eigenvalue weighted by Crippen LogP contribution is -2.31. The van der Waals surface area contributed by atoms with E-state index in [4.69, 9.17) is 25.8 Å². The normalized spacial score (nSPS) is 33.5. The van der Waals surface area contributed by atoms with Gasteiger partial charge in [0.25, 0.3) is 0 Å². The average Bonchev–Trinajstić information content (AvgIpc) is 3.10. The maximum absolute atomic E-state index is 9.52.